The quantitative estimate of drug-likeness (QED) is 0.906. The van der Waals surface area contributed by atoms with Crippen molar-refractivity contribution in [1.82, 2.24) is 4.37 Å². The summed E-state index contributed by atoms with van der Waals surface area (Å²) in [4.78, 5) is 11.6. The summed E-state index contributed by atoms with van der Waals surface area (Å²) < 4.78 is 18.5. The van der Waals surface area contributed by atoms with Gasteiger partial charge in [-0.15, -0.1) is 0 Å². The van der Waals surface area contributed by atoms with E-state index in [0.29, 0.717) is 23.9 Å². The predicted molar refractivity (Wildman–Crippen MR) is 67.4 cm³/mol. The van der Waals surface area contributed by atoms with Crippen molar-refractivity contribution in [2.45, 2.75) is 31.1 Å². The molecule has 1 heterocycles. The number of benzene rings is 1. The van der Waals surface area contributed by atoms with Gasteiger partial charge in [-0.2, -0.15) is 4.37 Å². The third-order valence-electron chi connectivity index (χ3n) is 3.75. The summed E-state index contributed by atoms with van der Waals surface area (Å²) in [5.74, 6) is -1.18. The minimum absolute atomic E-state index is 0.345. The Morgan fingerprint density at radius 3 is 2.78 bits per heavy atom. The number of aromatic nitrogens is 1. The van der Waals surface area contributed by atoms with E-state index in [9.17, 15) is 14.3 Å². The molecule has 0 amide bonds. The van der Waals surface area contributed by atoms with Gasteiger partial charge in [0.25, 0.3) is 0 Å². The van der Waals surface area contributed by atoms with Crippen molar-refractivity contribution in [2.75, 3.05) is 0 Å². The van der Waals surface area contributed by atoms with E-state index < -0.39 is 11.4 Å². The van der Waals surface area contributed by atoms with E-state index in [1.807, 2.05) is 0 Å². The van der Waals surface area contributed by atoms with Gasteiger partial charge >= 0.3 is 5.97 Å². The molecule has 0 saturated heterocycles. The SMILES string of the molecule is O=C(O)C1(c2nsc3ccc(F)cc23)CCCC1. The fourth-order valence-corrected chi connectivity index (χ4v) is 3.63. The summed E-state index contributed by atoms with van der Waals surface area (Å²) >= 11 is 1.25. The summed E-state index contributed by atoms with van der Waals surface area (Å²) in [6.45, 7) is 0. The standard InChI is InChI=1S/C13H12FNO2S/c14-8-3-4-10-9(7-8)11(15-18-10)13(12(16)17)5-1-2-6-13/h3-4,7H,1-2,5-6H2,(H,16,17). The third-order valence-corrected chi connectivity index (χ3v) is 4.58. The smallest absolute Gasteiger partial charge is 0.315 e. The average Bonchev–Trinajstić information content (AvgIpc) is 2.94. The van der Waals surface area contributed by atoms with Crippen molar-refractivity contribution < 1.29 is 14.3 Å². The molecule has 1 fully saturated rings. The van der Waals surface area contributed by atoms with Gasteiger partial charge in [-0.05, 0) is 42.6 Å². The number of rotatable bonds is 2. The van der Waals surface area contributed by atoms with Crippen LogP contribution in [0.15, 0.2) is 18.2 Å². The number of halogens is 1. The molecule has 0 unspecified atom stereocenters. The highest BCUT2D eigenvalue weighted by molar-refractivity contribution is 7.13. The zero-order valence-corrected chi connectivity index (χ0v) is 10.5. The highest BCUT2D eigenvalue weighted by Crippen LogP contribution is 2.44. The maximum absolute atomic E-state index is 13.3. The van der Waals surface area contributed by atoms with Gasteiger partial charge in [-0.1, -0.05) is 12.8 Å². The Balaban J connectivity index is 2.24. The highest BCUT2D eigenvalue weighted by atomic mass is 32.1. The van der Waals surface area contributed by atoms with Crippen LogP contribution in [0, 0.1) is 5.82 Å². The first-order chi connectivity index (χ1) is 8.63. The number of nitrogens with zero attached hydrogens (tertiary/aromatic N) is 1. The second-order valence-electron chi connectivity index (χ2n) is 4.77. The number of carboxylic acid groups (broad SMARTS) is 1. The van der Waals surface area contributed by atoms with Crippen LogP contribution in [0.25, 0.3) is 10.1 Å². The molecule has 0 aliphatic heterocycles. The maximum atomic E-state index is 13.3. The number of carbonyl (C=O) groups is 1. The molecule has 1 aliphatic rings. The Hall–Kier alpha value is -1.49. The lowest BCUT2D eigenvalue weighted by molar-refractivity contribution is -0.143. The molecule has 18 heavy (non-hydrogen) atoms. The topological polar surface area (TPSA) is 50.2 Å². The van der Waals surface area contributed by atoms with Gasteiger partial charge in [-0.25, -0.2) is 4.39 Å². The van der Waals surface area contributed by atoms with Gasteiger partial charge in [0.2, 0.25) is 0 Å². The van der Waals surface area contributed by atoms with Crippen LogP contribution in [0.5, 0.6) is 0 Å². The van der Waals surface area contributed by atoms with Crippen molar-refractivity contribution in [3.63, 3.8) is 0 Å². The maximum Gasteiger partial charge on any atom is 0.315 e. The van der Waals surface area contributed by atoms with E-state index >= 15 is 0 Å². The van der Waals surface area contributed by atoms with Crippen molar-refractivity contribution in [3.8, 4) is 0 Å². The van der Waals surface area contributed by atoms with Gasteiger partial charge in [0, 0.05) is 5.39 Å². The second kappa shape index (κ2) is 4.02. The predicted octanol–water partition coefficient (Wildman–Crippen LogP) is 3.33. The molecule has 94 valence electrons. The summed E-state index contributed by atoms with van der Waals surface area (Å²) in [5.41, 5.74) is -0.363. The van der Waals surface area contributed by atoms with Gasteiger partial charge in [0.05, 0.1) is 10.4 Å². The Morgan fingerprint density at radius 2 is 2.11 bits per heavy atom. The minimum atomic E-state index is -0.911. The van der Waals surface area contributed by atoms with Gasteiger partial charge in [0.1, 0.15) is 11.2 Å². The van der Waals surface area contributed by atoms with E-state index in [-0.39, 0.29) is 5.82 Å². The van der Waals surface area contributed by atoms with Crippen molar-refractivity contribution in [2.24, 2.45) is 0 Å². The van der Waals surface area contributed by atoms with Crippen LogP contribution in [-0.2, 0) is 10.2 Å². The first-order valence-corrected chi connectivity index (χ1v) is 6.70. The molecule has 0 atom stereocenters. The third kappa shape index (κ3) is 1.54. The number of aliphatic carboxylic acids is 1. The van der Waals surface area contributed by atoms with Gasteiger partial charge in [0.15, 0.2) is 0 Å². The molecule has 1 aromatic heterocycles. The largest absolute Gasteiger partial charge is 0.481 e. The molecule has 0 bridgehead atoms. The van der Waals surface area contributed by atoms with Crippen LogP contribution < -0.4 is 0 Å². The number of fused-ring (bicyclic) bond motifs is 1. The zero-order chi connectivity index (χ0) is 12.8. The number of hydrogen-bond acceptors (Lipinski definition) is 3. The van der Waals surface area contributed by atoms with Crippen molar-refractivity contribution >= 4 is 27.6 Å². The molecular weight excluding hydrogens is 253 g/mol. The van der Waals surface area contributed by atoms with Crippen LogP contribution in [-0.4, -0.2) is 15.4 Å². The highest BCUT2D eigenvalue weighted by Gasteiger charge is 2.45. The Kier molecular flexibility index (Phi) is 2.59. The molecule has 2 aromatic rings. The summed E-state index contributed by atoms with van der Waals surface area (Å²) in [5, 5.41) is 10.2. The summed E-state index contributed by atoms with van der Waals surface area (Å²) in [7, 11) is 0. The summed E-state index contributed by atoms with van der Waals surface area (Å²) in [6, 6.07) is 4.44. The summed E-state index contributed by atoms with van der Waals surface area (Å²) in [6.07, 6.45) is 2.97. The first kappa shape index (κ1) is 11.6. The van der Waals surface area contributed by atoms with E-state index in [0.717, 1.165) is 17.5 Å². The van der Waals surface area contributed by atoms with Crippen molar-refractivity contribution in [1.29, 1.82) is 0 Å². The van der Waals surface area contributed by atoms with Crippen LogP contribution in [0.3, 0.4) is 0 Å². The van der Waals surface area contributed by atoms with Crippen LogP contribution >= 0.6 is 11.5 Å². The molecule has 1 saturated carbocycles. The molecule has 1 aliphatic carbocycles. The van der Waals surface area contributed by atoms with E-state index in [4.69, 9.17) is 0 Å². The van der Waals surface area contributed by atoms with Crippen LogP contribution in [0.1, 0.15) is 31.4 Å². The lowest BCUT2D eigenvalue weighted by Gasteiger charge is -2.21. The van der Waals surface area contributed by atoms with Crippen LogP contribution in [0.2, 0.25) is 0 Å². The fourth-order valence-electron chi connectivity index (χ4n) is 2.79. The van der Waals surface area contributed by atoms with E-state index in [1.165, 1.54) is 23.7 Å². The monoisotopic (exact) mass is 265 g/mol. The fraction of sp³-hybridized carbons (Fsp3) is 0.385. The molecule has 3 nitrogen and oxygen atoms in total. The second-order valence-corrected chi connectivity index (χ2v) is 5.57. The molecular formula is C13H12FNO2S. The molecule has 1 N–H and O–H groups in total. The first-order valence-electron chi connectivity index (χ1n) is 5.92. The zero-order valence-electron chi connectivity index (χ0n) is 9.65. The average molecular weight is 265 g/mol. The minimum Gasteiger partial charge on any atom is -0.481 e. The normalized spacial score (nSPS) is 18.3. The van der Waals surface area contributed by atoms with Gasteiger partial charge < -0.3 is 5.11 Å². The molecule has 5 heteroatoms. The Morgan fingerprint density at radius 1 is 1.39 bits per heavy atom. The van der Waals surface area contributed by atoms with E-state index in [1.54, 1.807) is 6.07 Å². The van der Waals surface area contributed by atoms with Gasteiger partial charge in [-0.3, -0.25) is 4.79 Å². The number of carboxylic acids is 1. The Bertz CT molecular complexity index is 616. The number of hydrogen-bond donors (Lipinski definition) is 1. The van der Waals surface area contributed by atoms with Crippen LogP contribution in [0.4, 0.5) is 4.39 Å². The molecule has 0 radical (unpaired) electrons. The molecule has 1 aromatic carbocycles. The van der Waals surface area contributed by atoms with Crippen molar-refractivity contribution in [3.05, 3.63) is 29.7 Å². The van der Waals surface area contributed by atoms with E-state index in [2.05, 4.69) is 4.37 Å². The Labute approximate surface area is 107 Å². The molecule has 0 spiro atoms. The lowest BCUT2D eigenvalue weighted by atomic mass is 9.81. The lowest BCUT2D eigenvalue weighted by Crippen LogP contribution is -2.33. The molecule has 3 rings (SSSR count).